The highest BCUT2D eigenvalue weighted by Crippen LogP contribution is 2.20. The van der Waals surface area contributed by atoms with Crippen molar-refractivity contribution in [2.75, 3.05) is 10.6 Å². The van der Waals surface area contributed by atoms with Crippen molar-refractivity contribution in [3.8, 4) is 0 Å². The SMILES string of the molecule is CCc1ccccc1Nc1nccc(Nc2cc(C)on2)n1. The Labute approximate surface area is 128 Å². The van der Waals surface area contributed by atoms with E-state index in [-0.39, 0.29) is 0 Å². The second-order valence-electron chi connectivity index (χ2n) is 4.85. The molecule has 0 unspecified atom stereocenters. The Morgan fingerprint density at radius 1 is 1.09 bits per heavy atom. The summed E-state index contributed by atoms with van der Waals surface area (Å²) in [5.74, 6) is 2.55. The number of aryl methyl sites for hydroxylation is 2. The van der Waals surface area contributed by atoms with E-state index in [4.69, 9.17) is 4.52 Å². The average molecular weight is 295 g/mol. The number of anilines is 4. The van der Waals surface area contributed by atoms with Gasteiger partial charge in [-0.15, -0.1) is 0 Å². The van der Waals surface area contributed by atoms with Gasteiger partial charge in [-0.25, -0.2) is 4.98 Å². The van der Waals surface area contributed by atoms with Crippen LogP contribution in [0.15, 0.2) is 47.1 Å². The summed E-state index contributed by atoms with van der Waals surface area (Å²) in [6.45, 7) is 3.96. The van der Waals surface area contributed by atoms with Gasteiger partial charge in [-0.05, 0) is 31.0 Å². The number of hydrogen-bond donors (Lipinski definition) is 2. The van der Waals surface area contributed by atoms with E-state index in [2.05, 4.69) is 38.7 Å². The van der Waals surface area contributed by atoms with Gasteiger partial charge in [0.25, 0.3) is 0 Å². The highest BCUT2D eigenvalue weighted by molar-refractivity contribution is 5.60. The molecule has 0 bridgehead atoms. The van der Waals surface area contributed by atoms with Crippen LogP contribution in [0, 0.1) is 6.92 Å². The largest absolute Gasteiger partial charge is 0.360 e. The fourth-order valence-corrected chi connectivity index (χ4v) is 2.12. The molecule has 2 N–H and O–H groups in total. The van der Waals surface area contributed by atoms with Crippen molar-refractivity contribution in [1.82, 2.24) is 15.1 Å². The first-order chi connectivity index (χ1) is 10.7. The molecule has 6 heteroatoms. The van der Waals surface area contributed by atoms with E-state index in [1.807, 2.05) is 31.2 Å². The summed E-state index contributed by atoms with van der Waals surface area (Å²) < 4.78 is 5.02. The molecule has 112 valence electrons. The van der Waals surface area contributed by atoms with Crippen molar-refractivity contribution in [1.29, 1.82) is 0 Å². The fraction of sp³-hybridized carbons (Fsp3) is 0.188. The third-order valence-corrected chi connectivity index (χ3v) is 3.18. The van der Waals surface area contributed by atoms with Crippen LogP contribution >= 0.6 is 0 Å². The molecule has 3 rings (SSSR count). The number of para-hydroxylation sites is 1. The van der Waals surface area contributed by atoms with Crippen molar-refractivity contribution in [2.24, 2.45) is 0 Å². The predicted octanol–water partition coefficient (Wildman–Crippen LogP) is 3.82. The van der Waals surface area contributed by atoms with E-state index in [0.29, 0.717) is 17.6 Å². The summed E-state index contributed by atoms with van der Waals surface area (Å²) in [5.41, 5.74) is 2.23. The number of hydrogen-bond acceptors (Lipinski definition) is 6. The molecule has 0 atom stereocenters. The minimum Gasteiger partial charge on any atom is -0.360 e. The van der Waals surface area contributed by atoms with Gasteiger partial charge in [0.2, 0.25) is 5.95 Å². The molecule has 0 saturated carbocycles. The molecule has 22 heavy (non-hydrogen) atoms. The molecule has 0 aliphatic rings. The minimum atomic E-state index is 0.533. The van der Waals surface area contributed by atoms with Crippen molar-refractivity contribution < 1.29 is 4.52 Å². The molecule has 0 amide bonds. The van der Waals surface area contributed by atoms with E-state index in [1.165, 1.54) is 5.56 Å². The normalized spacial score (nSPS) is 10.5. The topological polar surface area (TPSA) is 75.9 Å². The van der Waals surface area contributed by atoms with Gasteiger partial charge >= 0.3 is 0 Å². The van der Waals surface area contributed by atoms with Crippen molar-refractivity contribution >= 4 is 23.3 Å². The number of aromatic nitrogens is 3. The molecule has 0 spiro atoms. The lowest BCUT2D eigenvalue weighted by Gasteiger charge is -2.10. The summed E-state index contributed by atoms with van der Waals surface area (Å²) >= 11 is 0. The Kier molecular flexibility index (Phi) is 4.00. The van der Waals surface area contributed by atoms with Crippen LogP contribution in [0.25, 0.3) is 0 Å². The Morgan fingerprint density at radius 2 is 1.95 bits per heavy atom. The second kappa shape index (κ2) is 6.26. The van der Waals surface area contributed by atoms with Crippen LogP contribution in [0.3, 0.4) is 0 Å². The molecule has 0 radical (unpaired) electrons. The number of rotatable bonds is 5. The Balaban J connectivity index is 1.79. The van der Waals surface area contributed by atoms with Crippen LogP contribution < -0.4 is 10.6 Å². The van der Waals surface area contributed by atoms with Crippen LogP contribution in [-0.2, 0) is 6.42 Å². The lowest BCUT2D eigenvalue weighted by Crippen LogP contribution is -2.02. The van der Waals surface area contributed by atoms with Gasteiger partial charge in [0.1, 0.15) is 11.6 Å². The number of nitrogens with one attached hydrogen (secondary N) is 2. The Morgan fingerprint density at radius 3 is 2.73 bits per heavy atom. The molecular weight excluding hydrogens is 278 g/mol. The van der Waals surface area contributed by atoms with E-state index in [1.54, 1.807) is 12.3 Å². The minimum absolute atomic E-state index is 0.533. The zero-order valence-electron chi connectivity index (χ0n) is 12.5. The van der Waals surface area contributed by atoms with Crippen molar-refractivity contribution in [2.45, 2.75) is 20.3 Å². The first-order valence-corrected chi connectivity index (χ1v) is 7.13. The molecule has 6 nitrogen and oxygen atoms in total. The lowest BCUT2D eigenvalue weighted by atomic mass is 10.1. The lowest BCUT2D eigenvalue weighted by molar-refractivity contribution is 0.400. The monoisotopic (exact) mass is 295 g/mol. The van der Waals surface area contributed by atoms with E-state index < -0.39 is 0 Å². The highest BCUT2D eigenvalue weighted by Gasteiger charge is 2.05. The first-order valence-electron chi connectivity index (χ1n) is 7.13. The molecule has 0 aliphatic carbocycles. The summed E-state index contributed by atoms with van der Waals surface area (Å²) in [4.78, 5) is 8.68. The molecule has 0 fully saturated rings. The van der Waals surface area contributed by atoms with Crippen LogP contribution in [0.2, 0.25) is 0 Å². The van der Waals surface area contributed by atoms with Crippen LogP contribution in [0.5, 0.6) is 0 Å². The zero-order chi connectivity index (χ0) is 15.4. The molecule has 3 aromatic rings. The van der Waals surface area contributed by atoms with Gasteiger partial charge < -0.3 is 15.2 Å². The maximum absolute atomic E-state index is 5.02. The third kappa shape index (κ3) is 3.22. The molecule has 0 saturated heterocycles. The third-order valence-electron chi connectivity index (χ3n) is 3.18. The molecule has 1 aromatic carbocycles. The van der Waals surface area contributed by atoms with Gasteiger partial charge in [-0.2, -0.15) is 4.98 Å². The molecule has 0 aliphatic heterocycles. The summed E-state index contributed by atoms with van der Waals surface area (Å²) in [6, 6.07) is 11.7. The first kappa shape index (κ1) is 14.1. The molecule has 2 heterocycles. The maximum atomic E-state index is 5.02. The summed E-state index contributed by atoms with van der Waals surface area (Å²) in [5, 5.41) is 10.2. The molecule has 2 aromatic heterocycles. The zero-order valence-corrected chi connectivity index (χ0v) is 12.5. The van der Waals surface area contributed by atoms with Crippen LogP contribution in [0.4, 0.5) is 23.3 Å². The summed E-state index contributed by atoms with van der Waals surface area (Å²) in [7, 11) is 0. The van der Waals surface area contributed by atoms with Gasteiger partial charge in [0.05, 0.1) is 0 Å². The van der Waals surface area contributed by atoms with Crippen molar-refractivity contribution in [3.05, 3.63) is 53.9 Å². The van der Waals surface area contributed by atoms with Crippen molar-refractivity contribution in [3.63, 3.8) is 0 Å². The predicted molar refractivity (Wildman–Crippen MR) is 85.7 cm³/mol. The van der Waals surface area contributed by atoms with Gasteiger partial charge in [-0.1, -0.05) is 30.3 Å². The van der Waals surface area contributed by atoms with E-state index >= 15 is 0 Å². The van der Waals surface area contributed by atoms with Crippen LogP contribution in [0.1, 0.15) is 18.2 Å². The standard InChI is InChI=1S/C16H17N5O/c1-3-12-6-4-5-7-13(12)18-16-17-9-8-14(20-16)19-15-10-11(2)22-21-15/h4-10H,3H2,1-2H3,(H2,17,18,19,20,21). The Bertz CT molecular complexity index is 768. The highest BCUT2D eigenvalue weighted by atomic mass is 16.5. The van der Waals surface area contributed by atoms with E-state index in [0.717, 1.165) is 17.9 Å². The summed E-state index contributed by atoms with van der Waals surface area (Å²) in [6.07, 6.45) is 2.64. The van der Waals surface area contributed by atoms with Gasteiger partial charge in [0, 0.05) is 18.0 Å². The quantitative estimate of drug-likeness (QED) is 0.745. The maximum Gasteiger partial charge on any atom is 0.229 e. The fourth-order valence-electron chi connectivity index (χ4n) is 2.12. The second-order valence-corrected chi connectivity index (χ2v) is 4.85. The number of benzene rings is 1. The van der Waals surface area contributed by atoms with E-state index in [9.17, 15) is 0 Å². The average Bonchev–Trinajstić information content (AvgIpc) is 2.93. The molecular formula is C16H17N5O. The van der Waals surface area contributed by atoms with Gasteiger partial charge in [-0.3, -0.25) is 0 Å². The Hall–Kier alpha value is -2.89. The number of nitrogens with zero attached hydrogens (tertiary/aromatic N) is 3. The van der Waals surface area contributed by atoms with Crippen LogP contribution in [-0.4, -0.2) is 15.1 Å². The smallest absolute Gasteiger partial charge is 0.229 e. The van der Waals surface area contributed by atoms with Gasteiger partial charge in [0.15, 0.2) is 5.82 Å².